The number of benzene rings is 2. The van der Waals surface area contributed by atoms with Crippen molar-refractivity contribution < 1.29 is 13.7 Å². The third-order valence-electron chi connectivity index (χ3n) is 6.06. The fraction of sp³-hybridized carbons (Fsp3) is 0.375. The van der Waals surface area contributed by atoms with Crippen LogP contribution in [0, 0.1) is 12.7 Å². The number of amides is 1. The normalized spacial score (nSPS) is 17.1. The lowest BCUT2D eigenvalue weighted by Crippen LogP contribution is -2.53. The minimum atomic E-state index is -0.434. The van der Waals surface area contributed by atoms with Crippen LogP contribution in [0.1, 0.15) is 31.3 Å². The molecule has 2 unspecified atom stereocenters. The summed E-state index contributed by atoms with van der Waals surface area (Å²) in [5.74, 6) is 0.524. The molecule has 7 nitrogen and oxygen atoms in total. The Bertz CT molecular complexity index is 1060. The Morgan fingerprint density at radius 2 is 1.69 bits per heavy atom. The Morgan fingerprint density at radius 3 is 2.38 bits per heavy atom. The first-order valence-electron chi connectivity index (χ1n) is 10.9. The van der Waals surface area contributed by atoms with E-state index in [0.29, 0.717) is 11.7 Å². The van der Waals surface area contributed by atoms with Crippen molar-refractivity contribution in [3.8, 4) is 11.4 Å². The van der Waals surface area contributed by atoms with E-state index in [0.717, 1.165) is 31.7 Å². The van der Waals surface area contributed by atoms with Crippen molar-refractivity contribution in [2.24, 2.45) is 0 Å². The molecule has 2 atom stereocenters. The van der Waals surface area contributed by atoms with Gasteiger partial charge in [0.1, 0.15) is 5.82 Å². The number of anilines is 1. The fourth-order valence-corrected chi connectivity index (χ4v) is 3.86. The highest BCUT2D eigenvalue weighted by Crippen LogP contribution is 2.24. The van der Waals surface area contributed by atoms with Crippen LogP contribution < -0.4 is 5.32 Å². The summed E-state index contributed by atoms with van der Waals surface area (Å²) in [4.78, 5) is 21.6. The van der Waals surface area contributed by atoms with Crippen LogP contribution in [0.15, 0.2) is 53.1 Å². The van der Waals surface area contributed by atoms with Crippen LogP contribution in [-0.2, 0) is 4.79 Å². The number of nitrogens with one attached hydrogen (secondary N) is 1. The van der Waals surface area contributed by atoms with Crippen LogP contribution in [0.4, 0.5) is 10.1 Å². The molecule has 32 heavy (non-hydrogen) atoms. The molecule has 2 heterocycles. The van der Waals surface area contributed by atoms with E-state index in [4.69, 9.17) is 4.52 Å². The first kappa shape index (κ1) is 22.1. The van der Waals surface area contributed by atoms with Crippen molar-refractivity contribution in [3.05, 3.63) is 65.8 Å². The fourth-order valence-electron chi connectivity index (χ4n) is 3.86. The van der Waals surface area contributed by atoms with E-state index in [1.807, 2.05) is 38.1 Å². The summed E-state index contributed by atoms with van der Waals surface area (Å²) < 4.78 is 19.4. The molecule has 2 aromatic carbocycles. The number of carbonyl (C=O) groups is 1. The largest absolute Gasteiger partial charge is 0.337 e. The van der Waals surface area contributed by atoms with Gasteiger partial charge in [-0.25, -0.2) is 4.39 Å². The molecule has 1 fully saturated rings. The van der Waals surface area contributed by atoms with Gasteiger partial charge in [-0.1, -0.05) is 47.1 Å². The SMILES string of the molecule is Cc1ccc(-c2noc(C(C)N3CCN(C(C)C(=O)Nc4ccccc4F)CC3)n2)cc1. The van der Waals surface area contributed by atoms with E-state index in [1.54, 1.807) is 18.2 Å². The summed E-state index contributed by atoms with van der Waals surface area (Å²) >= 11 is 0. The maximum Gasteiger partial charge on any atom is 0.244 e. The number of aryl methyl sites for hydroxylation is 1. The van der Waals surface area contributed by atoms with Gasteiger partial charge in [0.2, 0.25) is 17.6 Å². The third kappa shape index (κ3) is 4.87. The predicted octanol–water partition coefficient (Wildman–Crippen LogP) is 3.89. The number of rotatable bonds is 6. The van der Waals surface area contributed by atoms with Crippen molar-refractivity contribution in [3.63, 3.8) is 0 Å². The average molecular weight is 438 g/mol. The van der Waals surface area contributed by atoms with Crippen LogP contribution >= 0.6 is 0 Å². The summed E-state index contributed by atoms with van der Waals surface area (Å²) in [6.45, 7) is 8.90. The molecule has 1 aromatic heterocycles. The molecule has 4 rings (SSSR count). The number of aromatic nitrogens is 2. The average Bonchev–Trinajstić information content (AvgIpc) is 3.30. The lowest BCUT2D eigenvalue weighted by atomic mass is 10.1. The molecular weight excluding hydrogens is 409 g/mol. The molecule has 168 valence electrons. The monoisotopic (exact) mass is 437 g/mol. The van der Waals surface area contributed by atoms with Crippen LogP contribution in [0.5, 0.6) is 0 Å². The van der Waals surface area contributed by atoms with Crippen molar-refractivity contribution in [2.45, 2.75) is 32.9 Å². The summed E-state index contributed by atoms with van der Waals surface area (Å²) in [6.07, 6.45) is 0. The second-order valence-corrected chi connectivity index (χ2v) is 8.22. The number of para-hydroxylation sites is 1. The lowest BCUT2D eigenvalue weighted by Gasteiger charge is -2.39. The number of hydrogen-bond acceptors (Lipinski definition) is 6. The first-order chi connectivity index (χ1) is 15.4. The van der Waals surface area contributed by atoms with Gasteiger partial charge in [0.25, 0.3) is 0 Å². The van der Waals surface area contributed by atoms with Crippen molar-refractivity contribution >= 4 is 11.6 Å². The predicted molar refractivity (Wildman–Crippen MR) is 121 cm³/mol. The summed E-state index contributed by atoms with van der Waals surface area (Å²) in [5, 5.41) is 6.82. The van der Waals surface area contributed by atoms with Crippen molar-refractivity contribution in [1.82, 2.24) is 19.9 Å². The number of hydrogen-bond donors (Lipinski definition) is 1. The van der Waals surface area contributed by atoms with Gasteiger partial charge in [-0.2, -0.15) is 4.98 Å². The maximum atomic E-state index is 13.8. The van der Waals surface area contributed by atoms with Crippen LogP contribution in [0.3, 0.4) is 0 Å². The van der Waals surface area contributed by atoms with E-state index < -0.39 is 5.82 Å². The molecule has 0 bridgehead atoms. The maximum absolute atomic E-state index is 13.8. The summed E-state index contributed by atoms with van der Waals surface area (Å²) in [5.41, 5.74) is 2.32. The summed E-state index contributed by atoms with van der Waals surface area (Å²) in [6, 6.07) is 13.8. The standard InChI is InChI=1S/C24H28FN5O2/c1-16-8-10-19(11-9-16)22-27-24(32-28-22)18(3)30-14-12-29(13-15-30)17(2)23(31)26-21-7-5-4-6-20(21)25/h4-11,17-18H,12-15H2,1-3H3,(H,26,31). The number of nitrogens with zero attached hydrogens (tertiary/aromatic N) is 4. The van der Waals surface area contributed by atoms with Gasteiger partial charge >= 0.3 is 0 Å². The molecule has 0 saturated carbocycles. The van der Waals surface area contributed by atoms with Crippen LogP contribution in [0.25, 0.3) is 11.4 Å². The van der Waals surface area contributed by atoms with E-state index in [1.165, 1.54) is 11.6 Å². The zero-order valence-electron chi connectivity index (χ0n) is 18.6. The van der Waals surface area contributed by atoms with Gasteiger partial charge in [-0.05, 0) is 32.9 Å². The molecule has 0 aliphatic carbocycles. The zero-order chi connectivity index (χ0) is 22.7. The molecule has 1 aliphatic rings. The highest BCUT2D eigenvalue weighted by Gasteiger charge is 2.30. The van der Waals surface area contributed by atoms with Gasteiger partial charge in [0.15, 0.2) is 0 Å². The Balaban J connectivity index is 1.32. The minimum Gasteiger partial charge on any atom is -0.337 e. The number of carbonyl (C=O) groups excluding carboxylic acids is 1. The quantitative estimate of drug-likeness (QED) is 0.631. The van der Waals surface area contributed by atoms with Gasteiger partial charge in [-0.15, -0.1) is 0 Å². The number of piperazine rings is 1. The minimum absolute atomic E-state index is 0.0219. The summed E-state index contributed by atoms with van der Waals surface area (Å²) in [7, 11) is 0. The molecule has 1 N–H and O–H groups in total. The van der Waals surface area contributed by atoms with Gasteiger partial charge in [0.05, 0.1) is 17.8 Å². The number of halogens is 1. The Kier molecular flexibility index (Phi) is 6.62. The first-order valence-corrected chi connectivity index (χ1v) is 10.9. The Labute approximate surface area is 187 Å². The smallest absolute Gasteiger partial charge is 0.244 e. The zero-order valence-corrected chi connectivity index (χ0v) is 18.6. The van der Waals surface area contributed by atoms with Gasteiger partial charge in [0, 0.05) is 31.7 Å². The van der Waals surface area contributed by atoms with E-state index in [9.17, 15) is 9.18 Å². The van der Waals surface area contributed by atoms with Crippen molar-refractivity contribution in [2.75, 3.05) is 31.5 Å². The second kappa shape index (κ2) is 9.58. The molecule has 1 amide bonds. The van der Waals surface area contributed by atoms with Crippen LogP contribution in [0.2, 0.25) is 0 Å². The Morgan fingerprint density at radius 1 is 1.03 bits per heavy atom. The van der Waals surface area contributed by atoms with E-state index in [2.05, 4.69) is 32.2 Å². The second-order valence-electron chi connectivity index (χ2n) is 8.22. The van der Waals surface area contributed by atoms with Gasteiger partial charge in [-0.3, -0.25) is 14.6 Å². The molecule has 3 aromatic rings. The Hall–Kier alpha value is -3.10. The van der Waals surface area contributed by atoms with E-state index in [-0.39, 0.29) is 23.7 Å². The van der Waals surface area contributed by atoms with E-state index >= 15 is 0 Å². The molecule has 8 heteroatoms. The van der Waals surface area contributed by atoms with Crippen LogP contribution in [-0.4, -0.2) is 58.1 Å². The molecule has 1 saturated heterocycles. The highest BCUT2D eigenvalue weighted by atomic mass is 19.1. The lowest BCUT2D eigenvalue weighted by molar-refractivity contribution is -0.121. The highest BCUT2D eigenvalue weighted by molar-refractivity contribution is 5.94. The van der Waals surface area contributed by atoms with Crippen molar-refractivity contribution in [1.29, 1.82) is 0 Å². The molecular formula is C24H28FN5O2. The molecule has 0 spiro atoms. The third-order valence-corrected chi connectivity index (χ3v) is 6.06. The topological polar surface area (TPSA) is 74.5 Å². The molecule has 1 aliphatic heterocycles. The van der Waals surface area contributed by atoms with Gasteiger partial charge < -0.3 is 9.84 Å². The molecule has 0 radical (unpaired) electrons.